The lowest BCUT2D eigenvalue weighted by atomic mass is 10.0. The Morgan fingerprint density at radius 2 is 1.65 bits per heavy atom. The molecule has 0 aliphatic rings. The van der Waals surface area contributed by atoms with E-state index in [1.54, 1.807) is 12.1 Å². The molecular weight excluding hydrogens is 271 g/mol. The molecule has 0 N–H and O–H groups in total. The van der Waals surface area contributed by atoms with Crippen molar-refractivity contribution in [3.05, 3.63) is 59.9 Å². The van der Waals surface area contributed by atoms with Gasteiger partial charge in [-0.25, -0.2) is 0 Å². The van der Waals surface area contributed by atoms with Crippen LogP contribution in [0.15, 0.2) is 48.8 Å². The van der Waals surface area contributed by atoms with Gasteiger partial charge >= 0.3 is 6.36 Å². The van der Waals surface area contributed by atoms with Crippen molar-refractivity contribution in [1.29, 1.82) is 0 Å². The molecule has 2 rings (SSSR count). The molecule has 0 atom stereocenters. The molecule has 0 bridgehead atoms. The predicted molar refractivity (Wildman–Crippen MR) is 65.4 cm³/mol. The summed E-state index contributed by atoms with van der Waals surface area (Å²) in [5, 5.41) is 0. The molecule has 104 valence electrons. The van der Waals surface area contributed by atoms with E-state index in [2.05, 4.69) is 9.72 Å². The summed E-state index contributed by atoms with van der Waals surface area (Å²) in [5.41, 5.74) is 1.12. The Balaban J connectivity index is 2.02. The van der Waals surface area contributed by atoms with Crippen molar-refractivity contribution in [3.63, 3.8) is 0 Å². The number of aromatic nitrogens is 1. The molecule has 0 saturated carbocycles. The lowest BCUT2D eigenvalue weighted by Crippen LogP contribution is -2.17. The molecule has 0 amide bonds. The van der Waals surface area contributed by atoms with Gasteiger partial charge in [-0.15, -0.1) is 13.2 Å². The van der Waals surface area contributed by atoms with Crippen LogP contribution in [0.5, 0.6) is 5.75 Å². The number of rotatable bonds is 4. The lowest BCUT2D eigenvalue weighted by molar-refractivity contribution is -0.274. The second-order valence-electron chi connectivity index (χ2n) is 4.03. The molecule has 20 heavy (non-hydrogen) atoms. The molecular formula is C14H10F3NO2. The summed E-state index contributed by atoms with van der Waals surface area (Å²) >= 11 is 0. The fourth-order valence-electron chi connectivity index (χ4n) is 1.63. The molecule has 1 heterocycles. The number of hydrogen-bond donors (Lipinski definition) is 0. The molecule has 0 saturated heterocycles. The van der Waals surface area contributed by atoms with Crippen LogP contribution in [0, 0.1) is 0 Å². The normalized spacial score (nSPS) is 11.2. The van der Waals surface area contributed by atoms with Crippen LogP contribution in [0.1, 0.15) is 15.9 Å². The monoisotopic (exact) mass is 281 g/mol. The Morgan fingerprint density at radius 3 is 2.20 bits per heavy atom. The second-order valence-corrected chi connectivity index (χ2v) is 4.03. The highest BCUT2D eigenvalue weighted by Crippen LogP contribution is 2.23. The zero-order chi connectivity index (χ0) is 14.6. The molecule has 1 aromatic carbocycles. The smallest absolute Gasteiger partial charge is 0.406 e. The fourth-order valence-corrected chi connectivity index (χ4v) is 1.63. The number of ether oxygens (including phenoxy) is 1. The van der Waals surface area contributed by atoms with Crippen LogP contribution in [-0.4, -0.2) is 17.1 Å². The summed E-state index contributed by atoms with van der Waals surface area (Å²) in [6.07, 6.45) is -1.59. The molecule has 6 heteroatoms. The SMILES string of the molecule is O=C(Cc1ccc(OC(F)(F)F)cc1)c1ccncc1. The van der Waals surface area contributed by atoms with E-state index in [0.717, 1.165) is 0 Å². The van der Waals surface area contributed by atoms with Crippen molar-refractivity contribution in [2.24, 2.45) is 0 Å². The van der Waals surface area contributed by atoms with Gasteiger partial charge in [-0.2, -0.15) is 0 Å². The van der Waals surface area contributed by atoms with E-state index in [1.165, 1.54) is 36.7 Å². The maximum absolute atomic E-state index is 12.0. The van der Waals surface area contributed by atoms with Crippen LogP contribution in [0.3, 0.4) is 0 Å². The van der Waals surface area contributed by atoms with Gasteiger partial charge in [0, 0.05) is 24.4 Å². The number of pyridine rings is 1. The van der Waals surface area contributed by atoms with E-state index < -0.39 is 6.36 Å². The van der Waals surface area contributed by atoms with E-state index in [4.69, 9.17) is 0 Å². The third-order valence-corrected chi connectivity index (χ3v) is 2.52. The average Bonchev–Trinajstić information content (AvgIpc) is 2.40. The van der Waals surface area contributed by atoms with Crippen LogP contribution in [0.25, 0.3) is 0 Å². The van der Waals surface area contributed by atoms with Gasteiger partial charge in [0.2, 0.25) is 0 Å². The van der Waals surface area contributed by atoms with Crippen molar-refractivity contribution in [2.45, 2.75) is 12.8 Å². The molecule has 1 aromatic heterocycles. The Kier molecular flexibility index (Phi) is 4.02. The Hall–Kier alpha value is -2.37. The summed E-state index contributed by atoms with van der Waals surface area (Å²) in [5.74, 6) is -0.436. The first-order valence-electron chi connectivity index (χ1n) is 5.72. The fraction of sp³-hybridized carbons (Fsp3) is 0.143. The Morgan fingerprint density at radius 1 is 1.05 bits per heavy atom. The maximum atomic E-state index is 12.0. The van der Waals surface area contributed by atoms with Crippen molar-refractivity contribution in [3.8, 4) is 5.75 Å². The number of halogens is 3. The summed E-state index contributed by atoms with van der Waals surface area (Å²) < 4.78 is 39.7. The van der Waals surface area contributed by atoms with Crippen LogP contribution < -0.4 is 4.74 Å². The van der Waals surface area contributed by atoms with E-state index in [-0.39, 0.29) is 18.0 Å². The van der Waals surface area contributed by atoms with Crippen molar-refractivity contribution >= 4 is 5.78 Å². The quantitative estimate of drug-likeness (QED) is 0.806. The molecule has 0 unspecified atom stereocenters. The van der Waals surface area contributed by atoms with Crippen LogP contribution in [-0.2, 0) is 6.42 Å². The molecule has 3 nitrogen and oxygen atoms in total. The number of alkyl halides is 3. The van der Waals surface area contributed by atoms with E-state index in [9.17, 15) is 18.0 Å². The highest BCUT2D eigenvalue weighted by molar-refractivity contribution is 5.97. The van der Waals surface area contributed by atoms with Crippen molar-refractivity contribution in [2.75, 3.05) is 0 Å². The topological polar surface area (TPSA) is 39.2 Å². The van der Waals surface area contributed by atoms with E-state index in [0.29, 0.717) is 11.1 Å². The van der Waals surface area contributed by atoms with E-state index >= 15 is 0 Å². The summed E-state index contributed by atoms with van der Waals surface area (Å²) in [6.45, 7) is 0. The number of hydrogen-bond acceptors (Lipinski definition) is 3. The molecule has 0 spiro atoms. The number of Topliss-reactive ketones (excluding diaryl/α,β-unsaturated/α-hetero) is 1. The van der Waals surface area contributed by atoms with Crippen molar-refractivity contribution < 1.29 is 22.7 Å². The van der Waals surface area contributed by atoms with Gasteiger partial charge in [-0.3, -0.25) is 9.78 Å². The highest BCUT2D eigenvalue weighted by atomic mass is 19.4. The zero-order valence-electron chi connectivity index (χ0n) is 10.2. The Bertz CT molecular complexity index is 580. The first-order chi connectivity index (χ1) is 9.44. The van der Waals surface area contributed by atoms with Crippen molar-refractivity contribution in [1.82, 2.24) is 4.98 Å². The summed E-state index contributed by atoms with van der Waals surface area (Å²) in [4.78, 5) is 15.7. The Labute approximate surface area is 113 Å². The predicted octanol–water partition coefficient (Wildman–Crippen LogP) is 3.41. The van der Waals surface area contributed by atoms with Gasteiger partial charge in [0.25, 0.3) is 0 Å². The number of ketones is 1. The van der Waals surface area contributed by atoms with Gasteiger partial charge in [0.1, 0.15) is 5.75 Å². The molecule has 2 aromatic rings. The summed E-state index contributed by atoms with van der Waals surface area (Å²) in [7, 11) is 0. The molecule has 0 aliphatic carbocycles. The number of carbonyl (C=O) groups is 1. The third-order valence-electron chi connectivity index (χ3n) is 2.52. The molecule has 0 fully saturated rings. The van der Waals surface area contributed by atoms with Gasteiger partial charge in [-0.05, 0) is 29.8 Å². The molecule has 0 aliphatic heterocycles. The largest absolute Gasteiger partial charge is 0.573 e. The number of nitrogens with zero attached hydrogens (tertiary/aromatic N) is 1. The second kappa shape index (κ2) is 5.73. The van der Waals surface area contributed by atoms with Crippen LogP contribution >= 0.6 is 0 Å². The zero-order valence-corrected chi connectivity index (χ0v) is 10.2. The first-order valence-corrected chi connectivity index (χ1v) is 5.72. The minimum absolute atomic E-state index is 0.107. The maximum Gasteiger partial charge on any atom is 0.573 e. The van der Waals surface area contributed by atoms with Gasteiger partial charge in [-0.1, -0.05) is 12.1 Å². The van der Waals surface area contributed by atoms with Crippen LogP contribution in [0.2, 0.25) is 0 Å². The van der Waals surface area contributed by atoms with Gasteiger partial charge in [0.05, 0.1) is 0 Å². The van der Waals surface area contributed by atoms with Crippen LogP contribution in [0.4, 0.5) is 13.2 Å². The molecule has 0 radical (unpaired) electrons. The highest BCUT2D eigenvalue weighted by Gasteiger charge is 2.30. The standard InChI is InChI=1S/C14H10F3NO2/c15-14(16,17)20-12-3-1-10(2-4-12)9-13(19)11-5-7-18-8-6-11/h1-8H,9H2. The third kappa shape index (κ3) is 4.08. The number of benzene rings is 1. The first kappa shape index (κ1) is 14.0. The minimum Gasteiger partial charge on any atom is -0.406 e. The number of carbonyl (C=O) groups excluding carboxylic acids is 1. The average molecular weight is 281 g/mol. The summed E-state index contributed by atoms with van der Waals surface area (Å²) in [6, 6.07) is 8.40. The lowest BCUT2D eigenvalue weighted by Gasteiger charge is -2.09. The van der Waals surface area contributed by atoms with Gasteiger partial charge < -0.3 is 4.74 Å². The van der Waals surface area contributed by atoms with E-state index in [1.807, 2.05) is 0 Å². The minimum atomic E-state index is -4.71. The van der Waals surface area contributed by atoms with Gasteiger partial charge in [0.15, 0.2) is 5.78 Å².